The third kappa shape index (κ3) is 3.97. The number of Topliss-reactive ketones (excluding diaryl/α,β-unsaturated/α-hetero) is 1. The van der Waals surface area contributed by atoms with Crippen LogP contribution in [0.5, 0.6) is 0 Å². The van der Waals surface area contributed by atoms with Gasteiger partial charge in [-0.2, -0.15) is 0 Å². The number of pyridine rings is 1. The second-order valence-corrected chi connectivity index (χ2v) is 9.03. The van der Waals surface area contributed by atoms with Crippen molar-refractivity contribution in [2.45, 2.75) is 51.6 Å². The molecule has 3 aromatic rings. The number of ketones is 1. The molecule has 32 heavy (non-hydrogen) atoms. The molecule has 1 saturated carbocycles. The maximum atomic E-state index is 13.5. The van der Waals surface area contributed by atoms with Gasteiger partial charge in [0.2, 0.25) is 0 Å². The van der Waals surface area contributed by atoms with Gasteiger partial charge in [0, 0.05) is 11.8 Å². The fourth-order valence-corrected chi connectivity index (χ4v) is 4.98. The molecule has 2 aliphatic carbocycles. The van der Waals surface area contributed by atoms with Crippen LogP contribution in [0.25, 0.3) is 22.6 Å². The monoisotopic (exact) mass is 425 g/mol. The smallest absolute Gasteiger partial charge is 0.339 e. The van der Waals surface area contributed by atoms with E-state index in [2.05, 4.69) is 25.1 Å². The molecule has 0 spiro atoms. The van der Waals surface area contributed by atoms with Gasteiger partial charge in [-0.1, -0.05) is 55.5 Å². The molecule has 0 aliphatic heterocycles. The van der Waals surface area contributed by atoms with Crippen LogP contribution < -0.4 is 0 Å². The van der Waals surface area contributed by atoms with E-state index in [0.717, 1.165) is 59.0 Å². The first-order chi connectivity index (χ1) is 15.6. The number of nitrogens with zero attached hydrogens (tertiary/aromatic N) is 1. The first kappa shape index (κ1) is 20.6. The fraction of sp³-hybridized carbons (Fsp3) is 0.321. The average Bonchev–Trinajstić information content (AvgIpc) is 2.80. The van der Waals surface area contributed by atoms with Crippen molar-refractivity contribution in [1.29, 1.82) is 0 Å². The van der Waals surface area contributed by atoms with Gasteiger partial charge in [-0.15, -0.1) is 0 Å². The SMILES string of the molecule is C[C@H]1C/C(=C\c2ccccc2)c2nc3ccccc3c(C(=O)O[C@H]3CCCCC3=O)c2C1. The van der Waals surface area contributed by atoms with Crippen molar-refractivity contribution < 1.29 is 14.3 Å². The highest BCUT2D eigenvalue weighted by atomic mass is 16.5. The number of ether oxygens (including phenoxy) is 1. The minimum Gasteiger partial charge on any atom is -0.451 e. The first-order valence-corrected chi connectivity index (χ1v) is 11.5. The Morgan fingerprint density at radius 1 is 1.03 bits per heavy atom. The number of esters is 1. The molecule has 0 N–H and O–H groups in total. The highest BCUT2D eigenvalue weighted by Crippen LogP contribution is 2.39. The van der Waals surface area contributed by atoms with Crippen molar-refractivity contribution in [3.05, 3.63) is 77.0 Å². The second kappa shape index (κ2) is 8.70. The Bertz CT molecular complexity index is 1210. The summed E-state index contributed by atoms with van der Waals surface area (Å²) in [6.07, 6.45) is 6.13. The zero-order chi connectivity index (χ0) is 22.1. The molecular weight excluding hydrogens is 398 g/mol. The molecule has 2 aliphatic rings. The number of hydrogen-bond donors (Lipinski definition) is 0. The van der Waals surface area contributed by atoms with Crippen LogP contribution in [0.2, 0.25) is 0 Å². The van der Waals surface area contributed by atoms with Crippen LogP contribution in [0.1, 0.15) is 66.2 Å². The molecule has 0 amide bonds. The van der Waals surface area contributed by atoms with Crippen LogP contribution in [0.4, 0.5) is 0 Å². The van der Waals surface area contributed by atoms with Crippen LogP contribution in [0.15, 0.2) is 54.6 Å². The maximum Gasteiger partial charge on any atom is 0.339 e. The standard InChI is InChI=1S/C28H27NO3/c1-18-15-20(17-19-9-3-2-4-10-19)27-22(16-18)26(21-11-5-6-12-23(21)29-27)28(31)32-25-14-8-7-13-24(25)30/h2-6,9-12,17-18,25H,7-8,13-16H2,1H3/b20-17+/t18-,25-/m0/s1. The van der Waals surface area contributed by atoms with E-state index in [9.17, 15) is 9.59 Å². The number of rotatable bonds is 3. The van der Waals surface area contributed by atoms with Crippen LogP contribution in [0, 0.1) is 5.92 Å². The van der Waals surface area contributed by atoms with Gasteiger partial charge in [-0.3, -0.25) is 4.79 Å². The van der Waals surface area contributed by atoms with Gasteiger partial charge in [0.1, 0.15) is 0 Å². The van der Waals surface area contributed by atoms with Gasteiger partial charge >= 0.3 is 5.97 Å². The number of allylic oxidation sites excluding steroid dienone is 1. The minimum atomic E-state index is -0.626. The molecule has 4 nitrogen and oxygen atoms in total. The summed E-state index contributed by atoms with van der Waals surface area (Å²) < 4.78 is 5.82. The molecule has 1 fully saturated rings. The quantitative estimate of drug-likeness (QED) is 0.481. The summed E-state index contributed by atoms with van der Waals surface area (Å²) in [6.45, 7) is 2.21. The number of benzene rings is 2. The minimum absolute atomic E-state index is 0.0369. The number of para-hydroxylation sites is 1. The molecule has 0 bridgehead atoms. The molecule has 1 heterocycles. The molecule has 162 valence electrons. The van der Waals surface area contributed by atoms with E-state index >= 15 is 0 Å². The molecule has 2 atom stereocenters. The van der Waals surface area contributed by atoms with Gasteiger partial charge in [0.15, 0.2) is 11.9 Å². The molecule has 2 aromatic carbocycles. The van der Waals surface area contributed by atoms with E-state index in [1.165, 1.54) is 0 Å². The summed E-state index contributed by atoms with van der Waals surface area (Å²) in [5.41, 5.74) is 5.44. The van der Waals surface area contributed by atoms with Crippen molar-refractivity contribution in [3.8, 4) is 0 Å². The van der Waals surface area contributed by atoms with Gasteiger partial charge in [-0.05, 0) is 66.9 Å². The number of aromatic nitrogens is 1. The summed E-state index contributed by atoms with van der Waals surface area (Å²) in [4.78, 5) is 30.8. The van der Waals surface area contributed by atoms with E-state index in [-0.39, 0.29) is 5.78 Å². The van der Waals surface area contributed by atoms with Crippen molar-refractivity contribution in [2.75, 3.05) is 0 Å². The largest absolute Gasteiger partial charge is 0.451 e. The van der Waals surface area contributed by atoms with Crippen molar-refractivity contribution in [1.82, 2.24) is 4.98 Å². The van der Waals surface area contributed by atoms with E-state index in [1.807, 2.05) is 42.5 Å². The third-order valence-electron chi connectivity index (χ3n) is 6.51. The Hall–Kier alpha value is -3.27. The van der Waals surface area contributed by atoms with Gasteiger partial charge < -0.3 is 4.74 Å². The number of carbonyl (C=O) groups is 2. The van der Waals surface area contributed by atoms with Gasteiger partial charge in [0.05, 0.1) is 16.8 Å². The Kier molecular flexibility index (Phi) is 5.60. The van der Waals surface area contributed by atoms with E-state index in [0.29, 0.717) is 24.3 Å². The third-order valence-corrected chi connectivity index (χ3v) is 6.51. The van der Waals surface area contributed by atoms with Crippen LogP contribution in [-0.4, -0.2) is 22.8 Å². The van der Waals surface area contributed by atoms with Crippen LogP contribution in [-0.2, 0) is 16.0 Å². The van der Waals surface area contributed by atoms with Crippen molar-refractivity contribution in [2.24, 2.45) is 5.92 Å². The molecule has 5 rings (SSSR count). The van der Waals surface area contributed by atoms with Crippen LogP contribution in [0.3, 0.4) is 0 Å². The van der Waals surface area contributed by atoms with Crippen LogP contribution >= 0.6 is 0 Å². The summed E-state index contributed by atoms with van der Waals surface area (Å²) in [5.74, 6) is 0.0198. The Morgan fingerprint density at radius 2 is 1.81 bits per heavy atom. The Morgan fingerprint density at radius 3 is 2.62 bits per heavy atom. The lowest BCUT2D eigenvalue weighted by atomic mass is 9.80. The predicted octanol–water partition coefficient (Wildman–Crippen LogP) is 6.03. The molecular formula is C28H27NO3. The zero-order valence-corrected chi connectivity index (χ0v) is 18.3. The second-order valence-electron chi connectivity index (χ2n) is 9.03. The summed E-state index contributed by atoms with van der Waals surface area (Å²) in [7, 11) is 0. The van der Waals surface area contributed by atoms with E-state index in [1.54, 1.807) is 0 Å². The molecule has 0 saturated heterocycles. The zero-order valence-electron chi connectivity index (χ0n) is 18.3. The van der Waals surface area contributed by atoms with Crippen molar-refractivity contribution >= 4 is 34.3 Å². The number of fused-ring (bicyclic) bond motifs is 2. The number of carbonyl (C=O) groups excluding carboxylic acids is 2. The maximum absolute atomic E-state index is 13.5. The van der Waals surface area contributed by atoms with E-state index in [4.69, 9.17) is 9.72 Å². The molecule has 1 aromatic heterocycles. The Balaban J connectivity index is 1.64. The molecule has 0 unspecified atom stereocenters. The normalized spacial score (nSPS) is 22.0. The van der Waals surface area contributed by atoms with Gasteiger partial charge in [-0.25, -0.2) is 9.78 Å². The predicted molar refractivity (Wildman–Crippen MR) is 126 cm³/mol. The first-order valence-electron chi connectivity index (χ1n) is 11.5. The summed E-state index contributed by atoms with van der Waals surface area (Å²) in [5, 5.41) is 0.799. The fourth-order valence-electron chi connectivity index (χ4n) is 4.98. The highest BCUT2D eigenvalue weighted by molar-refractivity contribution is 6.07. The Labute approximate surface area is 188 Å². The van der Waals surface area contributed by atoms with Crippen molar-refractivity contribution in [3.63, 3.8) is 0 Å². The molecule has 4 heteroatoms. The summed E-state index contributed by atoms with van der Waals surface area (Å²) >= 11 is 0. The van der Waals surface area contributed by atoms with E-state index < -0.39 is 12.1 Å². The average molecular weight is 426 g/mol. The lowest BCUT2D eigenvalue weighted by Gasteiger charge is -2.27. The topological polar surface area (TPSA) is 56.3 Å². The summed E-state index contributed by atoms with van der Waals surface area (Å²) in [6, 6.07) is 18.0. The lowest BCUT2D eigenvalue weighted by molar-refractivity contribution is -0.129. The molecule has 0 radical (unpaired) electrons. The lowest BCUT2D eigenvalue weighted by Crippen LogP contribution is -2.31. The highest BCUT2D eigenvalue weighted by Gasteiger charge is 2.32. The number of hydrogen-bond acceptors (Lipinski definition) is 4. The van der Waals surface area contributed by atoms with Gasteiger partial charge in [0.25, 0.3) is 0 Å².